The minimum absolute atomic E-state index is 0.0252. The molecular formula is C10H16N4O. The second-order valence-electron chi connectivity index (χ2n) is 4.30. The first-order valence-corrected chi connectivity index (χ1v) is 5.12. The Bertz CT molecular complexity index is 424. The summed E-state index contributed by atoms with van der Waals surface area (Å²) in [5.74, 6) is 1.83. The number of rotatable bonds is 1. The molecule has 2 heterocycles. The van der Waals surface area contributed by atoms with Crippen molar-refractivity contribution in [1.82, 2.24) is 9.97 Å². The molecule has 0 radical (unpaired) electrons. The molecule has 0 fully saturated rings. The van der Waals surface area contributed by atoms with Gasteiger partial charge in [0.15, 0.2) is 0 Å². The van der Waals surface area contributed by atoms with Gasteiger partial charge < -0.3 is 10.2 Å². The minimum Gasteiger partial charge on any atom is -0.369 e. The third-order valence-electron chi connectivity index (χ3n) is 2.60. The molecule has 0 aliphatic carbocycles. The van der Waals surface area contributed by atoms with Gasteiger partial charge in [-0.1, -0.05) is 6.92 Å². The van der Waals surface area contributed by atoms with Crippen molar-refractivity contribution in [1.29, 1.82) is 0 Å². The summed E-state index contributed by atoms with van der Waals surface area (Å²) in [5.41, 5.74) is 0.752. The molecule has 0 saturated carbocycles. The Labute approximate surface area is 88.5 Å². The summed E-state index contributed by atoms with van der Waals surface area (Å²) in [6.07, 6.45) is 0.804. The molecule has 1 aliphatic heterocycles. The lowest BCUT2D eigenvalue weighted by atomic mass is 9.99. The molecule has 0 spiro atoms. The number of anilines is 2. The first-order valence-electron chi connectivity index (χ1n) is 5.12. The van der Waals surface area contributed by atoms with Crippen molar-refractivity contribution in [3.8, 4) is 0 Å². The van der Waals surface area contributed by atoms with E-state index in [1.165, 1.54) is 0 Å². The Hall–Kier alpha value is -1.52. The van der Waals surface area contributed by atoms with Gasteiger partial charge in [0.1, 0.15) is 5.82 Å². The first-order chi connectivity index (χ1) is 7.08. The van der Waals surface area contributed by atoms with Crippen LogP contribution in [0.2, 0.25) is 0 Å². The van der Waals surface area contributed by atoms with Crippen molar-refractivity contribution >= 4 is 11.8 Å². The van der Waals surface area contributed by atoms with Crippen LogP contribution in [0.3, 0.4) is 0 Å². The SMILES string of the molecule is C[C@@H]1CNc2nc(N(C)C)[nH]c(=O)c2C1. The largest absolute Gasteiger partial charge is 0.369 e. The normalized spacial score (nSPS) is 19.3. The van der Waals surface area contributed by atoms with Crippen LogP contribution in [-0.4, -0.2) is 30.6 Å². The van der Waals surface area contributed by atoms with E-state index in [0.717, 1.165) is 24.3 Å². The second kappa shape index (κ2) is 3.56. The van der Waals surface area contributed by atoms with Crippen LogP contribution in [0.5, 0.6) is 0 Å². The van der Waals surface area contributed by atoms with Crippen LogP contribution in [0.15, 0.2) is 4.79 Å². The molecule has 0 unspecified atom stereocenters. The summed E-state index contributed by atoms with van der Waals surface area (Å²) in [6, 6.07) is 0. The summed E-state index contributed by atoms with van der Waals surface area (Å²) >= 11 is 0. The van der Waals surface area contributed by atoms with E-state index in [1.807, 2.05) is 14.1 Å². The summed E-state index contributed by atoms with van der Waals surface area (Å²) < 4.78 is 0. The molecule has 0 amide bonds. The van der Waals surface area contributed by atoms with Gasteiger partial charge in [-0.2, -0.15) is 4.98 Å². The molecule has 15 heavy (non-hydrogen) atoms. The van der Waals surface area contributed by atoms with Crippen LogP contribution in [0.4, 0.5) is 11.8 Å². The van der Waals surface area contributed by atoms with E-state index >= 15 is 0 Å². The number of aromatic amines is 1. The summed E-state index contributed by atoms with van der Waals surface area (Å²) in [6.45, 7) is 3.01. The molecule has 2 rings (SSSR count). The van der Waals surface area contributed by atoms with Crippen molar-refractivity contribution in [2.24, 2.45) is 5.92 Å². The minimum atomic E-state index is -0.0252. The lowest BCUT2D eigenvalue weighted by Crippen LogP contribution is -2.30. The Morgan fingerprint density at radius 1 is 1.47 bits per heavy atom. The molecule has 82 valence electrons. The first kappa shape index (κ1) is 10.0. The Morgan fingerprint density at radius 3 is 2.87 bits per heavy atom. The molecular weight excluding hydrogens is 192 g/mol. The molecule has 0 aromatic carbocycles. The van der Waals surface area contributed by atoms with Crippen LogP contribution in [0.25, 0.3) is 0 Å². The second-order valence-corrected chi connectivity index (χ2v) is 4.30. The fourth-order valence-corrected chi connectivity index (χ4v) is 1.72. The average molecular weight is 208 g/mol. The number of aromatic nitrogens is 2. The van der Waals surface area contributed by atoms with Crippen LogP contribution >= 0.6 is 0 Å². The zero-order valence-corrected chi connectivity index (χ0v) is 9.29. The van der Waals surface area contributed by atoms with E-state index in [2.05, 4.69) is 22.2 Å². The van der Waals surface area contributed by atoms with Gasteiger partial charge in [0, 0.05) is 20.6 Å². The van der Waals surface area contributed by atoms with E-state index in [1.54, 1.807) is 4.90 Å². The van der Waals surface area contributed by atoms with Crippen LogP contribution in [-0.2, 0) is 6.42 Å². The quantitative estimate of drug-likeness (QED) is 0.703. The number of hydrogen-bond donors (Lipinski definition) is 2. The Balaban J connectivity index is 2.48. The summed E-state index contributed by atoms with van der Waals surface area (Å²) in [7, 11) is 3.71. The molecule has 5 heteroatoms. The predicted molar refractivity (Wildman–Crippen MR) is 60.5 cm³/mol. The topological polar surface area (TPSA) is 61.0 Å². The maximum atomic E-state index is 11.8. The third kappa shape index (κ3) is 1.82. The standard InChI is InChI=1S/C10H16N4O/c1-6-4-7-8(11-5-6)12-10(14(2)3)13-9(7)15/h6H,4-5H2,1-3H3,(H2,11,12,13,15)/t6-/m0/s1. The van der Waals surface area contributed by atoms with E-state index in [4.69, 9.17) is 0 Å². The summed E-state index contributed by atoms with van der Waals surface area (Å²) in [4.78, 5) is 20.7. The van der Waals surface area contributed by atoms with Gasteiger partial charge in [-0.15, -0.1) is 0 Å². The van der Waals surface area contributed by atoms with Crippen molar-refractivity contribution < 1.29 is 0 Å². The lowest BCUT2D eigenvalue weighted by Gasteiger charge is -2.23. The highest BCUT2D eigenvalue weighted by Crippen LogP contribution is 2.20. The monoisotopic (exact) mass is 208 g/mol. The number of H-pyrrole nitrogens is 1. The Morgan fingerprint density at radius 2 is 2.20 bits per heavy atom. The maximum absolute atomic E-state index is 11.8. The molecule has 1 aliphatic rings. The van der Waals surface area contributed by atoms with Crippen molar-refractivity contribution in [3.63, 3.8) is 0 Å². The number of fused-ring (bicyclic) bond motifs is 1. The molecule has 0 bridgehead atoms. The van der Waals surface area contributed by atoms with E-state index in [0.29, 0.717) is 11.9 Å². The molecule has 1 atom stereocenters. The number of nitrogens with one attached hydrogen (secondary N) is 2. The number of nitrogens with zero attached hydrogens (tertiary/aromatic N) is 2. The zero-order chi connectivity index (χ0) is 11.0. The van der Waals surface area contributed by atoms with Gasteiger partial charge in [0.2, 0.25) is 5.95 Å². The van der Waals surface area contributed by atoms with Gasteiger partial charge >= 0.3 is 0 Å². The molecule has 2 N–H and O–H groups in total. The van der Waals surface area contributed by atoms with E-state index in [-0.39, 0.29) is 5.56 Å². The molecule has 0 saturated heterocycles. The van der Waals surface area contributed by atoms with Gasteiger partial charge in [0.05, 0.1) is 5.56 Å². The highest BCUT2D eigenvalue weighted by atomic mass is 16.1. The fourth-order valence-electron chi connectivity index (χ4n) is 1.72. The third-order valence-corrected chi connectivity index (χ3v) is 2.60. The van der Waals surface area contributed by atoms with Gasteiger partial charge in [-0.25, -0.2) is 0 Å². The highest BCUT2D eigenvalue weighted by Gasteiger charge is 2.19. The van der Waals surface area contributed by atoms with Crippen molar-refractivity contribution in [2.45, 2.75) is 13.3 Å². The molecule has 5 nitrogen and oxygen atoms in total. The van der Waals surface area contributed by atoms with Gasteiger partial charge in [-0.05, 0) is 12.3 Å². The smallest absolute Gasteiger partial charge is 0.257 e. The van der Waals surface area contributed by atoms with Crippen LogP contribution in [0.1, 0.15) is 12.5 Å². The predicted octanol–water partition coefficient (Wildman–Crippen LogP) is 0.440. The van der Waals surface area contributed by atoms with Crippen molar-refractivity contribution in [2.75, 3.05) is 30.9 Å². The average Bonchev–Trinajstić information content (AvgIpc) is 2.18. The van der Waals surface area contributed by atoms with E-state index in [9.17, 15) is 4.79 Å². The lowest BCUT2D eigenvalue weighted by molar-refractivity contribution is 0.585. The van der Waals surface area contributed by atoms with Crippen LogP contribution in [0, 0.1) is 5.92 Å². The molecule has 1 aromatic heterocycles. The van der Waals surface area contributed by atoms with Crippen LogP contribution < -0.4 is 15.8 Å². The zero-order valence-electron chi connectivity index (χ0n) is 9.29. The van der Waals surface area contributed by atoms with Gasteiger partial charge in [0.25, 0.3) is 5.56 Å². The highest BCUT2D eigenvalue weighted by molar-refractivity contribution is 5.49. The summed E-state index contributed by atoms with van der Waals surface area (Å²) in [5, 5.41) is 3.19. The molecule has 1 aromatic rings. The van der Waals surface area contributed by atoms with E-state index < -0.39 is 0 Å². The Kier molecular flexibility index (Phi) is 2.38. The fraction of sp³-hybridized carbons (Fsp3) is 0.600. The number of hydrogen-bond acceptors (Lipinski definition) is 4. The van der Waals surface area contributed by atoms with Gasteiger partial charge in [-0.3, -0.25) is 9.78 Å². The van der Waals surface area contributed by atoms with Crippen molar-refractivity contribution in [3.05, 3.63) is 15.9 Å². The maximum Gasteiger partial charge on any atom is 0.257 e.